The molecule has 70 valence electrons. The normalized spacial score (nSPS) is 14.2. The summed E-state index contributed by atoms with van der Waals surface area (Å²) in [6.45, 7) is 3.37. The molecule has 0 amide bonds. The van der Waals surface area contributed by atoms with E-state index < -0.39 is 0 Å². The third kappa shape index (κ3) is 1.74. The van der Waals surface area contributed by atoms with Crippen molar-refractivity contribution >= 4 is 0 Å². The van der Waals surface area contributed by atoms with Gasteiger partial charge in [-0.25, -0.2) is 4.98 Å². The molecule has 3 nitrogen and oxygen atoms in total. The van der Waals surface area contributed by atoms with E-state index in [1.807, 2.05) is 12.1 Å². The Morgan fingerprint density at radius 3 is 3.00 bits per heavy atom. The lowest BCUT2D eigenvalue weighted by Gasteiger charge is -2.17. The van der Waals surface area contributed by atoms with Crippen LogP contribution in [0.25, 0.3) is 0 Å². The van der Waals surface area contributed by atoms with Crippen molar-refractivity contribution in [1.82, 2.24) is 4.98 Å². The van der Waals surface area contributed by atoms with Crippen LogP contribution in [0.5, 0.6) is 11.6 Å². The average molecular weight is 179 g/mol. The highest BCUT2D eigenvalue weighted by Gasteiger charge is 2.12. The molecule has 0 aliphatic carbocycles. The zero-order valence-electron chi connectivity index (χ0n) is 7.75. The van der Waals surface area contributed by atoms with E-state index >= 15 is 0 Å². The smallest absolute Gasteiger partial charge is 0.257 e. The maximum Gasteiger partial charge on any atom is 0.257 e. The molecule has 3 heteroatoms. The minimum absolute atomic E-state index is 0.607. The van der Waals surface area contributed by atoms with Gasteiger partial charge in [-0.3, -0.25) is 0 Å². The maximum atomic E-state index is 5.37. The number of rotatable bonds is 2. The Bertz CT molecular complexity index is 299. The molecular weight excluding hydrogens is 166 g/mol. The first-order valence-electron chi connectivity index (χ1n) is 4.65. The Hall–Kier alpha value is -1.25. The molecule has 2 rings (SSSR count). The van der Waals surface area contributed by atoms with Crippen LogP contribution in [0.4, 0.5) is 0 Å². The Balaban J connectivity index is 2.24. The van der Waals surface area contributed by atoms with Crippen molar-refractivity contribution in [3.63, 3.8) is 0 Å². The molecular formula is C10H13NO2. The first-order chi connectivity index (χ1) is 6.40. The molecule has 1 aliphatic rings. The molecule has 0 N–H and O–H groups in total. The molecule has 0 saturated carbocycles. The van der Waals surface area contributed by atoms with Crippen molar-refractivity contribution in [2.24, 2.45) is 0 Å². The SMILES string of the molecule is CCCc1ccc2c(n1)OCCO2. The van der Waals surface area contributed by atoms with Crippen LogP contribution in [0.15, 0.2) is 12.1 Å². The van der Waals surface area contributed by atoms with Crippen LogP contribution >= 0.6 is 0 Å². The van der Waals surface area contributed by atoms with Gasteiger partial charge in [-0.15, -0.1) is 0 Å². The van der Waals surface area contributed by atoms with Gasteiger partial charge in [0.2, 0.25) is 0 Å². The fourth-order valence-corrected chi connectivity index (χ4v) is 1.36. The first kappa shape index (κ1) is 8.35. The minimum Gasteiger partial charge on any atom is -0.484 e. The van der Waals surface area contributed by atoms with Crippen molar-refractivity contribution < 1.29 is 9.47 Å². The molecule has 0 spiro atoms. The number of aryl methyl sites for hydroxylation is 1. The van der Waals surface area contributed by atoms with Gasteiger partial charge in [-0.1, -0.05) is 13.3 Å². The molecule has 0 unspecified atom stereocenters. The summed E-state index contributed by atoms with van der Waals surface area (Å²) in [5, 5.41) is 0. The van der Waals surface area contributed by atoms with Gasteiger partial charge in [-0.05, 0) is 18.6 Å². The Kier molecular flexibility index (Phi) is 2.34. The zero-order valence-corrected chi connectivity index (χ0v) is 7.75. The summed E-state index contributed by atoms with van der Waals surface area (Å²) in [7, 11) is 0. The second kappa shape index (κ2) is 3.64. The third-order valence-electron chi connectivity index (χ3n) is 1.97. The second-order valence-corrected chi connectivity index (χ2v) is 3.05. The van der Waals surface area contributed by atoms with Gasteiger partial charge in [0.05, 0.1) is 0 Å². The molecule has 0 fully saturated rings. The molecule has 0 aromatic carbocycles. The van der Waals surface area contributed by atoms with Crippen molar-refractivity contribution in [2.45, 2.75) is 19.8 Å². The van der Waals surface area contributed by atoms with Crippen LogP contribution in [0, 0.1) is 0 Å². The largest absolute Gasteiger partial charge is 0.484 e. The van der Waals surface area contributed by atoms with Gasteiger partial charge < -0.3 is 9.47 Å². The Morgan fingerprint density at radius 1 is 1.31 bits per heavy atom. The number of nitrogens with zero attached hydrogens (tertiary/aromatic N) is 1. The van der Waals surface area contributed by atoms with Crippen molar-refractivity contribution in [3.05, 3.63) is 17.8 Å². The van der Waals surface area contributed by atoms with E-state index in [0.29, 0.717) is 19.1 Å². The highest BCUT2D eigenvalue weighted by atomic mass is 16.6. The third-order valence-corrected chi connectivity index (χ3v) is 1.97. The van der Waals surface area contributed by atoms with E-state index in [1.54, 1.807) is 0 Å². The van der Waals surface area contributed by atoms with E-state index in [0.717, 1.165) is 24.3 Å². The number of hydrogen-bond donors (Lipinski definition) is 0. The Labute approximate surface area is 77.7 Å². The van der Waals surface area contributed by atoms with Crippen molar-refractivity contribution in [1.29, 1.82) is 0 Å². The molecule has 13 heavy (non-hydrogen) atoms. The first-order valence-corrected chi connectivity index (χ1v) is 4.65. The molecule has 1 aromatic heterocycles. The summed E-state index contributed by atoms with van der Waals surface area (Å²) in [6, 6.07) is 3.93. The molecule has 0 saturated heterocycles. The molecule has 0 bridgehead atoms. The summed E-state index contributed by atoms with van der Waals surface area (Å²) in [5.41, 5.74) is 1.08. The number of ether oxygens (including phenoxy) is 2. The quantitative estimate of drug-likeness (QED) is 0.693. The van der Waals surface area contributed by atoms with Crippen LogP contribution in [-0.4, -0.2) is 18.2 Å². The highest BCUT2D eigenvalue weighted by Crippen LogP contribution is 2.27. The maximum absolute atomic E-state index is 5.37. The van der Waals surface area contributed by atoms with Gasteiger partial charge in [0.1, 0.15) is 13.2 Å². The van der Waals surface area contributed by atoms with Crippen LogP contribution in [0.1, 0.15) is 19.0 Å². The van der Waals surface area contributed by atoms with E-state index in [4.69, 9.17) is 9.47 Å². The number of pyridine rings is 1. The lowest BCUT2D eigenvalue weighted by molar-refractivity contribution is 0.164. The zero-order chi connectivity index (χ0) is 9.10. The van der Waals surface area contributed by atoms with E-state index in [-0.39, 0.29) is 0 Å². The van der Waals surface area contributed by atoms with Crippen LogP contribution in [0.3, 0.4) is 0 Å². The summed E-state index contributed by atoms with van der Waals surface area (Å²) in [5.74, 6) is 1.42. The number of hydrogen-bond acceptors (Lipinski definition) is 3. The fourth-order valence-electron chi connectivity index (χ4n) is 1.36. The van der Waals surface area contributed by atoms with Crippen LogP contribution in [0.2, 0.25) is 0 Å². The summed E-state index contributed by atoms with van der Waals surface area (Å²) in [6.07, 6.45) is 2.10. The fraction of sp³-hybridized carbons (Fsp3) is 0.500. The monoisotopic (exact) mass is 179 g/mol. The topological polar surface area (TPSA) is 31.4 Å². The van der Waals surface area contributed by atoms with E-state index in [9.17, 15) is 0 Å². The van der Waals surface area contributed by atoms with Crippen LogP contribution < -0.4 is 9.47 Å². The predicted molar refractivity (Wildman–Crippen MR) is 49.2 cm³/mol. The molecule has 1 aliphatic heterocycles. The van der Waals surface area contributed by atoms with Gasteiger partial charge >= 0.3 is 0 Å². The lowest BCUT2D eigenvalue weighted by atomic mass is 10.2. The molecule has 2 heterocycles. The van der Waals surface area contributed by atoms with Crippen LogP contribution in [-0.2, 0) is 6.42 Å². The van der Waals surface area contributed by atoms with Gasteiger partial charge in [-0.2, -0.15) is 0 Å². The minimum atomic E-state index is 0.607. The number of fused-ring (bicyclic) bond motifs is 1. The highest BCUT2D eigenvalue weighted by molar-refractivity contribution is 5.35. The standard InChI is InChI=1S/C10H13NO2/c1-2-3-8-4-5-9-10(11-8)13-7-6-12-9/h4-5H,2-3,6-7H2,1H3. The number of aromatic nitrogens is 1. The van der Waals surface area contributed by atoms with Gasteiger partial charge in [0.25, 0.3) is 5.88 Å². The van der Waals surface area contributed by atoms with Crippen molar-refractivity contribution in [2.75, 3.05) is 13.2 Å². The lowest BCUT2D eigenvalue weighted by Crippen LogP contribution is -2.16. The Morgan fingerprint density at radius 2 is 2.15 bits per heavy atom. The van der Waals surface area contributed by atoms with E-state index in [2.05, 4.69) is 11.9 Å². The molecule has 0 radical (unpaired) electrons. The summed E-state index contributed by atoms with van der Waals surface area (Å²) < 4.78 is 10.7. The van der Waals surface area contributed by atoms with E-state index in [1.165, 1.54) is 0 Å². The molecule has 0 atom stereocenters. The summed E-state index contributed by atoms with van der Waals surface area (Å²) in [4.78, 5) is 4.36. The average Bonchev–Trinajstić information content (AvgIpc) is 2.18. The second-order valence-electron chi connectivity index (χ2n) is 3.05. The van der Waals surface area contributed by atoms with Gasteiger partial charge in [0.15, 0.2) is 5.75 Å². The predicted octanol–water partition coefficient (Wildman–Crippen LogP) is 1.81. The van der Waals surface area contributed by atoms with Gasteiger partial charge in [0, 0.05) is 5.69 Å². The van der Waals surface area contributed by atoms with Crippen molar-refractivity contribution in [3.8, 4) is 11.6 Å². The summed E-state index contributed by atoms with van der Waals surface area (Å²) >= 11 is 0. The molecule has 1 aromatic rings.